The van der Waals surface area contributed by atoms with Crippen LogP contribution >= 0.6 is 0 Å². The summed E-state index contributed by atoms with van der Waals surface area (Å²) in [6.07, 6.45) is 0.502. The second-order valence-electron chi connectivity index (χ2n) is 10.6. The lowest BCUT2D eigenvalue weighted by molar-refractivity contribution is -0.249. The Labute approximate surface area is 201 Å². The monoisotopic (exact) mass is 474 g/mol. The van der Waals surface area contributed by atoms with Gasteiger partial charge >= 0.3 is 5.97 Å². The number of phenols is 1. The summed E-state index contributed by atoms with van der Waals surface area (Å²) in [4.78, 5) is 11.5. The summed E-state index contributed by atoms with van der Waals surface area (Å²) in [6, 6.07) is 0. The van der Waals surface area contributed by atoms with Gasteiger partial charge in [0.05, 0.1) is 6.61 Å². The Morgan fingerprint density at radius 2 is 1.79 bits per heavy atom. The SMILES string of the molecule is CC(=O)O[C@H]1[C@H](O)[C@H](Oc2c(C)c3c4c(c2O)[C@@H](C)CC[C@@H]4[C@@H](C)C[C@H]3C=C(C)C)OC[C@H]1O. The van der Waals surface area contributed by atoms with E-state index < -0.39 is 30.6 Å². The van der Waals surface area contributed by atoms with Crippen LogP contribution in [0.15, 0.2) is 11.6 Å². The van der Waals surface area contributed by atoms with Gasteiger partial charge in [0.25, 0.3) is 0 Å². The number of hydrogen-bond acceptors (Lipinski definition) is 7. The molecule has 0 saturated carbocycles. The average molecular weight is 475 g/mol. The number of aromatic hydroxyl groups is 1. The minimum Gasteiger partial charge on any atom is -0.504 e. The van der Waals surface area contributed by atoms with Crippen LogP contribution in [0.25, 0.3) is 0 Å². The minimum atomic E-state index is -1.40. The molecule has 1 aliphatic heterocycles. The number of ether oxygens (including phenoxy) is 3. The summed E-state index contributed by atoms with van der Waals surface area (Å²) in [6.45, 7) is 11.7. The first-order valence-electron chi connectivity index (χ1n) is 12.4. The first-order valence-corrected chi connectivity index (χ1v) is 12.4. The van der Waals surface area contributed by atoms with Gasteiger partial charge in [-0.2, -0.15) is 0 Å². The summed E-state index contributed by atoms with van der Waals surface area (Å²) >= 11 is 0. The third-order valence-electron chi connectivity index (χ3n) is 7.75. The number of hydrogen-bond donors (Lipinski definition) is 3. The number of esters is 1. The van der Waals surface area contributed by atoms with Crippen LogP contribution in [0, 0.1) is 12.8 Å². The third-order valence-corrected chi connectivity index (χ3v) is 7.75. The van der Waals surface area contributed by atoms with Crippen molar-refractivity contribution in [3.8, 4) is 11.5 Å². The lowest BCUT2D eigenvalue weighted by atomic mass is 9.62. The summed E-state index contributed by atoms with van der Waals surface area (Å²) in [5.41, 5.74) is 5.50. The van der Waals surface area contributed by atoms with Gasteiger partial charge in [0.15, 0.2) is 23.7 Å². The van der Waals surface area contributed by atoms with Gasteiger partial charge in [-0.3, -0.25) is 4.79 Å². The molecule has 0 bridgehead atoms. The van der Waals surface area contributed by atoms with Gasteiger partial charge in [0.1, 0.15) is 6.10 Å². The van der Waals surface area contributed by atoms with Crippen LogP contribution in [-0.4, -0.2) is 52.5 Å². The van der Waals surface area contributed by atoms with E-state index in [0.29, 0.717) is 17.6 Å². The highest BCUT2D eigenvalue weighted by molar-refractivity contribution is 5.66. The summed E-state index contributed by atoms with van der Waals surface area (Å²) in [7, 11) is 0. The molecule has 0 radical (unpaired) electrons. The molecule has 2 aliphatic carbocycles. The predicted octanol–water partition coefficient (Wildman–Crippen LogP) is 4.16. The fourth-order valence-corrected chi connectivity index (χ4v) is 6.27. The topological polar surface area (TPSA) is 105 Å². The second-order valence-corrected chi connectivity index (χ2v) is 10.6. The van der Waals surface area contributed by atoms with E-state index in [0.717, 1.165) is 30.4 Å². The Bertz CT molecular complexity index is 980. The fourth-order valence-electron chi connectivity index (χ4n) is 6.27. The van der Waals surface area contributed by atoms with Crippen molar-refractivity contribution in [1.82, 2.24) is 0 Å². The summed E-state index contributed by atoms with van der Waals surface area (Å²) in [5, 5.41) is 32.4. The Kier molecular flexibility index (Phi) is 7.00. The number of allylic oxidation sites excluding steroid dienone is 2. The number of aliphatic hydroxyl groups is 2. The van der Waals surface area contributed by atoms with E-state index in [2.05, 4.69) is 33.8 Å². The molecule has 0 amide bonds. The largest absolute Gasteiger partial charge is 0.504 e. The summed E-state index contributed by atoms with van der Waals surface area (Å²) in [5.74, 6) is 1.10. The van der Waals surface area contributed by atoms with Gasteiger partial charge in [-0.1, -0.05) is 25.5 Å². The molecule has 3 aliphatic rings. The number of carbonyl (C=O) groups excluding carboxylic acids is 1. The molecule has 8 atom stereocenters. The average Bonchev–Trinajstić information content (AvgIpc) is 2.74. The van der Waals surface area contributed by atoms with Crippen LogP contribution in [0.4, 0.5) is 0 Å². The van der Waals surface area contributed by atoms with Crippen molar-refractivity contribution < 1.29 is 34.3 Å². The van der Waals surface area contributed by atoms with Crippen LogP contribution in [0.1, 0.15) is 93.9 Å². The summed E-state index contributed by atoms with van der Waals surface area (Å²) < 4.78 is 16.8. The number of benzene rings is 1. The molecule has 3 N–H and O–H groups in total. The molecule has 7 nitrogen and oxygen atoms in total. The van der Waals surface area contributed by atoms with Crippen molar-refractivity contribution in [2.45, 2.75) is 103 Å². The zero-order valence-corrected chi connectivity index (χ0v) is 21.0. The molecule has 7 heteroatoms. The van der Waals surface area contributed by atoms with Crippen LogP contribution in [0.5, 0.6) is 11.5 Å². The molecular formula is C27H38O7. The van der Waals surface area contributed by atoms with Gasteiger partial charge in [0, 0.05) is 18.4 Å². The molecule has 0 unspecified atom stereocenters. The second kappa shape index (κ2) is 9.51. The van der Waals surface area contributed by atoms with E-state index in [1.807, 2.05) is 6.92 Å². The smallest absolute Gasteiger partial charge is 0.303 e. The normalized spacial score (nSPS) is 34.7. The Morgan fingerprint density at radius 1 is 1.09 bits per heavy atom. The van der Waals surface area contributed by atoms with Crippen molar-refractivity contribution in [1.29, 1.82) is 0 Å². The molecule has 4 rings (SSSR count). The van der Waals surface area contributed by atoms with E-state index in [9.17, 15) is 20.1 Å². The van der Waals surface area contributed by atoms with E-state index in [1.165, 1.54) is 23.6 Å². The minimum absolute atomic E-state index is 0.101. The number of rotatable bonds is 4. The Morgan fingerprint density at radius 3 is 2.44 bits per heavy atom. The molecule has 1 saturated heterocycles. The maximum Gasteiger partial charge on any atom is 0.303 e. The van der Waals surface area contributed by atoms with E-state index in [4.69, 9.17) is 14.2 Å². The lowest BCUT2D eigenvalue weighted by Gasteiger charge is -2.44. The molecule has 188 valence electrons. The maximum absolute atomic E-state index is 11.5. The van der Waals surface area contributed by atoms with E-state index in [-0.39, 0.29) is 24.2 Å². The van der Waals surface area contributed by atoms with Crippen molar-refractivity contribution in [2.75, 3.05) is 6.61 Å². The maximum atomic E-state index is 11.5. The standard InChI is InChI=1S/C27H38O7/c1-12(2)9-17-10-14(4)18-8-7-13(3)20-22(18)21(17)15(5)25(23(20)30)34-27-24(31)26(33-16(6)28)19(29)11-32-27/h9,13-14,17-19,24,26-27,29-31H,7-8,10-11H2,1-6H3/t13-,14-,17+,18+,19+,24-,26+,27-/m0/s1. The van der Waals surface area contributed by atoms with Crippen LogP contribution in [0.2, 0.25) is 0 Å². The molecule has 0 spiro atoms. The zero-order valence-electron chi connectivity index (χ0n) is 21.0. The highest BCUT2D eigenvalue weighted by atomic mass is 16.7. The molecular weight excluding hydrogens is 436 g/mol. The van der Waals surface area contributed by atoms with E-state index >= 15 is 0 Å². The van der Waals surface area contributed by atoms with Crippen molar-refractivity contribution in [3.63, 3.8) is 0 Å². The van der Waals surface area contributed by atoms with Crippen molar-refractivity contribution in [3.05, 3.63) is 33.9 Å². The molecule has 1 fully saturated rings. The van der Waals surface area contributed by atoms with Crippen LogP contribution in [0.3, 0.4) is 0 Å². The molecule has 1 aromatic rings. The fraction of sp³-hybridized carbons (Fsp3) is 0.667. The number of phenolic OH excluding ortho intramolecular Hbond substituents is 1. The van der Waals surface area contributed by atoms with Crippen molar-refractivity contribution in [2.24, 2.45) is 5.92 Å². The zero-order chi connectivity index (χ0) is 24.9. The first kappa shape index (κ1) is 25.0. The Balaban J connectivity index is 1.80. The van der Waals surface area contributed by atoms with Gasteiger partial charge in [0.2, 0.25) is 6.29 Å². The lowest BCUT2D eigenvalue weighted by Crippen LogP contribution is -2.56. The predicted molar refractivity (Wildman–Crippen MR) is 127 cm³/mol. The van der Waals surface area contributed by atoms with Gasteiger partial charge in [-0.15, -0.1) is 0 Å². The molecule has 0 aromatic heterocycles. The van der Waals surface area contributed by atoms with Crippen LogP contribution in [-0.2, 0) is 14.3 Å². The Hall–Kier alpha value is -2.09. The molecule has 34 heavy (non-hydrogen) atoms. The highest BCUT2D eigenvalue weighted by Crippen LogP contribution is 2.58. The third kappa shape index (κ3) is 4.34. The van der Waals surface area contributed by atoms with E-state index in [1.54, 1.807) is 0 Å². The first-order chi connectivity index (χ1) is 16.0. The van der Waals surface area contributed by atoms with Crippen molar-refractivity contribution >= 4 is 5.97 Å². The molecule has 1 heterocycles. The van der Waals surface area contributed by atoms with Gasteiger partial charge < -0.3 is 29.5 Å². The quantitative estimate of drug-likeness (QED) is 0.444. The van der Waals surface area contributed by atoms with Gasteiger partial charge in [-0.05, 0) is 74.5 Å². The molecule has 1 aromatic carbocycles. The van der Waals surface area contributed by atoms with Crippen LogP contribution < -0.4 is 4.74 Å². The highest BCUT2D eigenvalue weighted by Gasteiger charge is 2.45. The number of carbonyl (C=O) groups is 1. The van der Waals surface area contributed by atoms with Gasteiger partial charge in [-0.25, -0.2) is 0 Å². The number of aliphatic hydroxyl groups excluding tert-OH is 2.